The average Bonchev–Trinajstić information content (AvgIpc) is 2.47. The molecule has 0 bridgehead atoms. The van der Waals surface area contributed by atoms with Crippen LogP contribution in [0.5, 0.6) is 0 Å². The second-order valence-electron chi connectivity index (χ2n) is 5.37. The van der Waals surface area contributed by atoms with Crippen LogP contribution in [0.15, 0.2) is 29.8 Å². The summed E-state index contributed by atoms with van der Waals surface area (Å²) in [5.74, 6) is -0.968. The van der Waals surface area contributed by atoms with Crippen LogP contribution in [-0.2, 0) is 6.42 Å². The minimum absolute atomic E-state index is 0.696. The molecular formula is C16H25N5. The van der Waals surface area contributed by atoms with Crippen molar-refractivity contribution in [3.8, 4) is 0 Å². The van der Waals surface area contributed by atoms with Crippen LogP contribution >= 0.6 is 0 Å². The van der Waals surface area contributed by atoms with E-state index in [0.29, 0.717) is 6.42 Å². The van der Waals surface area contributed by atoms with Crippen molar-refractivity contribution < 1.29 is 0 Å². The maximum atomic E-state index is 6.28. The zero-order chi connectivity index (χ0) is 15.3. The summed E-state index contributed by atoms with van der Waals surface area (Å²) in [5.41, 5.74) is 16.0. The van der Waals surface area contributed by atoms with E-state index in [4.69, 9.17) is 11.5 Å². The molecule has 0 spiro atoms. The molecule has 114 valence electrons. The number of nitrogens with zero attached hydrogens (tertiary/aromatic N) is 1. The Labute approximate surface area is 126 Å². The molecule has 0 aliphatic carbocycles. The predicted octanol–water partition coefficient (Wildman–Crippen LogP) is 2.19. The van der Waals surface area contributed by atoms with Crippen LogP contribution in [0.3, 0.4) is 0 Å². The highest BCUT2D eigenvalue weighted by Gasteiger charge is 2.28. The first-order valence-corrected chi connectivity index (χ1v) is 7.49. The van der Waals surface area contributed by atoms with Crippen molar-refractivity contribution in [1.29, 1.82) is 0 Å². The van der Waals surface area contributed by atoms with E-state index in [1.54, 1.807) is 6.21 Å². The molecule has 0 radical (unpaired) electrons. The Morgan fingerprint density at radius 3 is 2.95 bits per heavy atom. The van der Waals surface area contributed by atoms with E-state index in [2.05, 4.69) is 29.1 Å². The smallest absolute Gasteiger partial charge is 0.241 e. The van der Waals surface area contributed by atoms with Crippen LogP contribution in [0.1, 0.15) is 37.3 Å². The number of aliphatic imine (C=N–C) groups is 1. The Bertz CT molecular complexity index is 538. The molecule has 1 unspecified atom stereocenters. The molecule has 0 saturated heterocycles. The Morgan fingerprint density at radius 2 is 2.24 bits per heavy atom. The third-order valence-corrected chi connectivity index (χ3v) is 3.63. The molecule has 21 heavy (non-hydrogen) atoms. The molecule has 1 aliphatic rings. The molecule has 1 aliphatic heterocycles. The van der Waals surface area contributed by atoms with Crippen molar-refractivity contribution in [2.75, 3.05) is 17.6 Å². The maximum absolute atomic E-state index is 6.28. The summed E-state index contributed by atoms with van der Waals surface area (Å²) in [4.78, 5) is 4.40. The van der Waals surface area contributed by atoms with Crippen LogP contribution in [0.4, 0.5) is 11.4 Å². The van der Waals surface area contributed by atoms with Crippen LogP contribution in [0.25, 0.3) is 0 Å². The van der Waals surface area contributed by atoms with Crippen LogP contribution in [0.2, 0.25) is 0 Å². The fourth-order valence-corrected chi connectivity index (χ4v) is 2.44. The average molecular weight is 287 g/mol. The molecule has 5 heteroatoms. The number of nitrogens with two attached hydrogens (primary N) is 2. The summed E-state index contributed by atoms with van der Waals surface area (Å²) < 4.78 is 0. The van der Waals surface area contributed by atoms with Gasteiger partial charge in [-0.05, 0) is 25.0 Å². The monoisotopic (exact) mass is 287 g/mol. The van der Waals surface area contributed by atoms with Gasteiger partial charge in [0.05, 0.1) is 5.69 Å². The van der Waals surface area contributed by atoms with E-state index in [1.165, 1.54) is 12.8 Å². The lowest BCUT2D eigenvalue weighted by molar-refractivity contribution is 0.391. The Morgan fingerprint density at radius 1 is 1.43 bits per heavy atom. The second kappa shape index (κ2) is 6.74. The zero-order valence-corrected chi connectivity index (χ0v) is 12.7. The summed E-state index contributed by atoms with van der Waals surface area (Å²) >= 11 is 0. The lowest BCUT2D eigenvalue weighted by atomic mass is 10.0. The molecule has 0 fully saturated rings. The fraction of sp³-hybridized carbons (Fsp3) is 0.438. The van der Waals surface area contributed by atoms with Gasteiger partial charge in [-0.1, -0.05) is 25.8 Å². The number of hydrogen-bond donors (Lipinski definition) is 4. The van der Waals surface area contributed by atoms with Gasteiger partial charge in [-0.3, -0.25) is 11.1 Å². The van der Waals surface area contributed by atoms with E-state index in [1.807, 2.05) is 18.2 Å². The molecule has 6 N–H and O–H groups in total. The highest BCUT2D eigenvalue weighted by atomic mass is 15.4. The van der Waals surface area contributed by atoms with Gasteiger partial charge in [-0.2, -0.15) is 0 Å². The molecule has 1 heterocycles. The molecule has 1 aromatic carbocycles. The third-order valence-electron chi connectivity index (χ3n) is 3.63. The molecule has 1 atom stereocenters. The van der Waals surface area contributed by atoms with E-state index in [-0.39, 0.29) is 0 Å². The predicted molar refractivity (Wildman–Crippen MR) is 90.4 cm³/mol. The third kappa shape index (κ3) is 3.62. The van der Waals surface area contributed by atoms with Crippen molar-refractivity contribution in [2.45, 2.75) is 38.5 Å². The number of fused-ring (bicyclic) bond motifs is 1. The summed E-state index contributed by atoms with van der Waals surface area (Å²) in [7, 11) is 0. The quantitative estimate of drug-likeness (QED) is 0.268. The van der Waals surface area contributed by atoms with Crippen molar-refractivity contribution in [1.82, 2.24) is 5.32 Å². The van der Waals surface area contributed by atoms with E-state index >= 15 is 0 Å². The molecule has 0 aromatic heterocycles. The normalized spacial score (nSPS) is 19.9. The summed E-state index contributed by atoms with van der Waals surface area (Å²) in [6, 6.07) is 3.84. The number of unbranched alkanes of at least 4 members (excludes halogenated alkanes) is 2. The van der Waals surface area contributed by atoms with E-state index < -0.39 is 5.91 Å². The largest absolute Gasteiger partial charge is 0.398 e. The first-order valence-electron chi connectivity index (χ1n) is 7.49. The molecular weight excluding hydrogens is 262 g/mol. The highest BCUT2D eigenvalue weighted by Crippen LogP contribution is 2.30. The molecule has 1 aromatic rings. The van der Waals surface area contributed by atoms with Gasteiger partial charge in [0, 0.05) is 29.6 Å². The summed E-state index contributed by atoms with van der Waals surface area (Å²) in [6.45, 7) is 6.79. The number of allylic oxidation sites excluding steroid dienone is 1. The van der Waals surface area contributed by atoms with Gasteiger partial charge in [0.1, 0.15) is 0 Å². The van der Waals surface area contributed by atoms with Crippen molar-refractivity contribution in [3.63, 3.8) is 0 Å². The fourth-order valence-electron chi connectivity index (χ4n) is 2.44. The maximum Gasteiger partial charge on any atom is 0.241 e. The van der Waals surface area contributed by atoms with Gasteiger partial charge in [-0.25, -0.2) is 4.99 Å². The lowest BCUT2D eigenvalue weighted by Gasteiger charge is -2.33. The van der Waals surface area contributed by atoms with Crippen LogP contribution in [0, 0.1) is 0 Å². The number of anilines is 2. The number of benzene rings is 1. The van der Waals surface area contributed by atoms with Crippen molar-refractivity contribution in [2.24, 2.45) is 10.7 Å². The molecule has 2 rings (SSSR count). The molecule has 0 saturated carbocycles. The Hall–Kier alpha value is -1.85. The zero-order valence-electron chi connectivity index (χ0n) is 12.7. The Kier molecular flexibility index (Phi) is 4.98. The number of nitrogens with one attached hydrogen (secondary N) is 2. The second-order valence-corrected chi connectivity index (χ2v) is 5.37. The van der Waals surface area contributed by atoms with Crippen molar-refractivity contribution in [3.05, 3.63) is 35.9 Å². The summed E-state index contributed by atoms with van der Waals surface area (Å²) in [6.07, 6.45) is 7.77. The first kappa shape index (κ1) is 15.5. The van der Waals surface area contributed by atoms with Gasteiger partial charge in [0.15, 0.2) is 0 Å². The van der Waals surface area contributed by atoms with Crippen LogP contribution in [-0.4, -0.2) is 18.7 Å². The number of hydrogen-bond acceptors (Lipinski definition) is 5. The van der Waals surface area contributed by atoms with Gasteiger partial charge in [0.2, 0.25) is 5.91 Å². The highest BCUT2D eigenvalue weighted by molar-refractivity contribution is 5.93. The first-order chi connectivity index (χ1) is 10.1. The van der Waals surface area contributed by atoms with Gasteiger partial charge < -0.3 is 11.1 Å². The van der Waals surface area contributed by atoms with Gasteiger partial charge in [-0.15, -0.1) is 6.58 Å². The van der Waals surface area contributed by atoms with Crippen molar-refractivity contribution >= 4 is 17.6 Å². The van der Waals surface area contributed by atoms with E-state index in [0.717, 1.165) is 35.5 Å². The number of nitrogen functional groups attached to an aromatic ring is 1. The minimum atomic E-state index is -0.968. The van der Waals surface area contributed by atoms with Gasteiger partial charge in [0.25, 0.3) is 0 Å². The number of rotatable bonds is 7. The Balaban J connectivity index is 2.18. The van der Waals surface area contributed by atoms with Crippen LogP contribution < -0.4 is 22.1 Å². The standard InChI is InChI=1S/C16H25N5/c1-3-5-6-10-19-16(18)20-11-12-8-9-14(17)13(7-4-2)15(12)21-16/h4,8-9,11,19,21H,2-3,5-7,10,17-18H2,1H3. The topological polar surface area (TPSA) is 88.5 Å². The lowest BCUT2D eigenvalue weighted by Crippen LogP contribution is -2.59. The summed E-state index contributed by atoms with van der Waals surface area (Å²) in [5, 5.41) is 6.55. The molecule has 5 nitrogen and oxygen atoms in total. The minimum Gasteiger partial charge on any atom is -0.398 e. The van der Waals surface area contributed by atoms with E-state index in [9.17, 15) is 0 Å². The van der Waals surface area contributed by atoms with Gasteiger partial charge >= 0.3 is 0 Å². The molecule has 0 amide bonds. The SMILES string of the molecule is C=CCc1c(N)ccc2c1NC(N)(NCCCCC)N=C2.